The molecule has 256 valence electrons. The number of esters is 1. The van der Waals surface area contributed by atoms with Crippen molar-refractivity contribution >= 4 is 11.9 Å². The fourth-order valence-electron chi connectivity index (χ4n) is 6.19. The molecule has 0 saturated heterocycles. The summed E-state index contributed by atoms with van der Waals surface area (Å²) < 4.78 is 6.04. The fourth-order valence-corrected chi connectivity index (χ4v) is 6.19. The summed E-state index contributed by atoms with van der Waals surface area (Å²) in [6, 6.07) is 0. The molecule has 0 amide bonds. The van der Waals surface area contributed by atoms with Crippen molar-refractivity contribution < 1.29 is 19.4 Å². The molecule has 0 aromatic carbocycles. The highest BCUT2D eigenvalue weighted by Crippen LogP contribution is 2.19. The second kappa shape index (κ2) is 35.4. The van der Waals surface area contributed by atoms with Crippen LogP contribution in [0.5, 0.6) is 0 Å². The molecule has 4 nitrogen and oxygen atoms in total. The lowest BCUT2D eigenvalue weighted by Gasteiger charge is -2.18. The zero-order chi connectivity index (χ0) is 31.5. The van der Waals surface area contributed by atoms with E-state index in [1.165, 1.54) is 167 Å². The number of carboxylic acids is 1. The van der Waals surface area contributed by atoms with Gasteiger partial charge < -0.3 is 9.84 Å². The molecular formula is C39H76O4. The molecule has 0 aromatic rings. The molecule has 0 aliphatic rings. The first-order chi connectivity index (χ1) is 21.1. The van der Waals surface area contributed by atoms with Crippen molar-refractivity contribution in [3.63, 3.8) is 0 Å². The van der Waals surface area contributed by atoms with Crippen LogP contribution < -0.4 is 0 Å². The molecule has 0 spiro atoms. The average molecular weight is 609 g/mol. The van der Waals surface area contributed by atoms with Gasteiger partial charge in [-0.1, -0.05) is 181 Å². The third kappa shape index (κ3) is 35.3. The molecule has 0 fully saturated rings. The molecule has 0 saturated carbocycles. The Morgan fingerprint density at radius 3 is 1.02 bits per heavy atom. The van der Waals surface area contributed by atoms with Crippen molar-refractivity contribution in [2.24, 2.45) is 0 Å². The highest BCUT2D eigenvalue weighted by molar-refractivity contribution is 5.69. The Morgan fingerprint density at radius 2 is 0.698 bits per heavy atom. The molecule has 0 aromatic heterocycles. The largest absolute Gasteiger partial charge is 0.481 e. The quantitative estimate of drug-likeness (QED) is 0.0567. The van der Waals surface area contributed by atoms with Crippen molar-refractivity contribution in [2.75, 3.05) is 0 Å². The maximum absolute atomic E-state index is 12.7. The highest BCUT2D eigenvalue weighted by Gasteiger charge is 2.14. The van der Waals surface area contributed by atoms with E-state index in [1.54, 1.807) is 0 Å². The molecule has 0 aliphatic heterocycles. The second-order valence-corrected chi connectivity index (χ2v) is 13.5. The van der Waals surface area contributed by atoms with E-state index in [-0.39, 0.29) is 12.1 Å². The number of ether oxygens (including phenoxy) is 1. The Balaban J connectivity index is 4.00. The molecule has 0 aliphatic carbocycles. The molecule has 0 radical (unpaired) electrons. The van der Waals surface area contributed by atoms with E-state index in [1.807, 2.05) is 0 Å². The predicted octanol–water partition coefficient (Wildman–Crippen LogP) is 13.3. The summed E-state index contributed by atoms with van der Waals surface area (Å²) >= 11 is 0. The van der Waals surface area contributed by atoms with Crippen molar-refractivity contribution in [3.05, 3.63) is 0 Å². The number of aliphatic carboxylic acids is 1. The van der Waals surface area contributed by atoms with Crippen LogP contribution in [0.2, 0.25) is 0 Å². The average Bonchev–Trinajstić information content (AvgIpc) is 2.99. The van der Waals surface area contributed by atoms with Gasteiger partial charge in [0.1, 0.15) is 6.10 Å². The van der Waals surface area contributed by atoms with Gasteiger partial charge in [-0.15, -0.1) is 0 Å². The number of carboxylic acid groups (broad SMARTS) is 1. The van der Waals surface area contributed by atoms with E-state index in [0.29, 0.717) is 12.8 Å². The number of hydrogen-bond acceptors (Lipinski definition) is 3. The van der Waals surface area contributed by atoms with Crippen LogP contribution in [-0.4, -0.2) is 23.1 Å². The molecule has 43 heavy (non-hydrogen) atoms. The van der Waals surface area contributed by atoms with Crippen LogP contribution in [0.1, 0.15) is 232 Å². The molecule has 0 bridgehead atoms. The van der Waals surface area contributed by atoms with E-state index >= 15 is 0 Å². The van der Waals surface area contributed by atoms with Gasteiger partial charge in [-0.25, -0.2) is 0 Å². The number of carbonyl (C=O) groups is 2. The van der Waals surface area contributed by atoms with E-state index in [4.69, 9.17) is 9.84 Å². The lowest BCUT2D eigenvalue weighted by Crippen LogP contribution is -2.18. The Bertz CT molecular complexity index is 576. The van der Waals surface area contributed by atoms with Crippen molar-refractivity contribution in [2.45, 2.75) is 238 Å². The topological polar surface area (TPSA) is 63.6 Å². The normalized spacial score (nSPS) is 12.0. The predicted molar refractivity (Wildman–Crippen MR) is 186 cm³/mol. The molecular weight excluding hydrogens is 532 g/mol. The van der Waals surface area contributed by atoms with Gasteiger partial charge in [0.25, 0.3) is 0 Å². The lowest BCUT2D eigenvalue weighted by molar-refractivity contribution is -0.150. The van der Waals surface area contributed by atoms with E-state index < -0.39 is 5.97 Å². The molecule has 0 heterocycles. The van der Waals surface area contributed by atoms with Crippen LogP contribution >= 0.6 is 0 Å². The SMILES string of the molecule is CCCCCCCCCCCCCCC(=O)OC(CCCCCCCCCC)CCCCCCCCCCCCC(=O)O. The van der Waals surface area contributed by atoms with E-state index in [0.717, 1.165) is 38.5 Å². The lowest BCUT2D eigenvalue weighted by atomic mass is 10.0. The zero-order valence-electron chi connectivity index (χ0n) is 29.3. The summed E-state index contributed by atoms with van der Waals surface area (Å²) in [4.78, 5) is 23.2. The molecule has 4 heteroatoms. The summed E-state index contributed by atoms with van der Waals surface area (Å²) in [6.45, 7) is 4.55. The van der Waals surface area contributed by atoms with Crippen LogP contribution in [0.25, 0.3) is 0 Å². The summed E-state index contributed by atoms with van der Waals surface area (Å²) in [7, 11) is 0. The fraction of sp³-hybridized carbons (Fsp3) is 0.949. The van der Waals surface area contributed by atoms with Gasteiger partial charge in [0.2, 0.25) is 0 Å². The van der Waals surface area contributed by atoms with Crippen LogP contribution in [0.3, 0.4) is 0 Å². The summed E-state index contributed by atoms with van der Waals surface area (Å²) in [5, 5.41) is 8.71. The van der Waals surface area contributed by atoms with Crippen LogP contribution in [0.15, 0.2) is 0 Å². The third-order valence-electron chi connectivity index (χ3n) is 9.08. The first-order valence-corrected chi connectivity index (χ1v) is 19.5. The van der Waals surface area contributed by atoms with Crippen LogP contribution in [0.4, 0.5) is 0 Å². The summed E-state index contributed by atoms with van der Waals surface area (Å²) in [6.07, 6.45) is 41.3. The van der Waals surface area contributed by atoms with Gasteiger partial charge in [0.05, 0.1) is 0 Å². The Morgan fingerprint density at radius 1 is 0.419 bits per heavy atom. The molecule has 1 atom stereocenters. The smallest absolute Gasteiger partial charge is 0.306 e. The molecule has 0 rings (SSSR count). The van der Waals surface area contributed by atoms with E-state index in [2.05, 4.69) is 13.8 Å². The monoisotopic (exact) mass is 609 g/mol. The minimum atomic E-state index is -0.672. The van der Waals surface area contributed by atoms with Crippen LogP contribution in [0, 0.1) is 0 Å². The van der Waals surface area contributed by atoms with Crippen molar-refractivity contribution in [1.82, 2.24) is 0 Å². The highest BCUT2D eigenvalue weighted by atomic mass is 16.5. The zero-order valence-corrected chi connectivity index (χ0v) is 29.3. The number of hydrogen-bond donors (Lipinski definition) is 1. The first-order valence-electron chi connectivity index (χ1n) is 19.5. The number of rotatable bonds is 36. The Kier molecular flexibility index (Phi) is 34.5. The van der Waals surface area contributed by atoms with Gasteiger partial charge in [0.15, 0.2) is 0 Å². The summed E-state index contributed by atoms with van der Waals surface area (Å²) in [5.41, 5.74) is 0. The maximum atomic E-state index is 12.7. The van der Waals surface area contributed by atoms with Gasteiger partial charge in [0, 0.05) is 12.8 Å². The minimum Gasteiger partial charge on any atom is -0.481 e. The minimum absolute atomic E-state index is 0.0417. The van der Waals surface area contributed by atoms with Gasteiger partial charge in [-0.3, -0.25) is 9.59 Å². The Labute approximate surface area is 269 Å². The number of carbonyl (C=O) groups excluding carboxylic acids is 1. The van der Waals surface area contributed by atoms with E-state index in [9.17, 15) is 9.59 Å². The van der Waals surface area contributed by atoms with Gasteiger partial charge in [-0.2, -0.15) is 0 Å². The molecule has 1 unspecified atom stereocenters. The summed E-state index contributed by atoms with van der Waals surface area (Å²) in [5.74, 6) is -0.630. The standard InChI is InChI=1S/C39H76O4/c1-3-5-7-9-11-13-14-15-20-24-28-32-36-39(42)43-37(33-29-25-21-12-10-8-6-4-2)34-30-26-22-18-16-17-19-23-27-31-35-38(40)41/h37H,3-36H2,1-2H3,(H,40,41). The van der Waals surface area contributed by atoms with Gasteiger partial charge >= 0.3 is 11.9 Å². The van der Waals surface area contributed by atoms with Gasteiger partial charge in [-0.05, 0) is 38.5 Å². The Hall–Kier alpha value is -1.06. The van der Waals surface area contributed by atoms with Crippen LogP contribution in [-0.2, 0) is 14.3 Å². The number of unbranched alkanes of at least 4 members (excludes halogenated alkanes) is 27. The maximum Gasteiger partial charge on any atom is 0.306 e. The second-order valence-electron chi connectivity index (χ2n) is 13.5. The van der Waals surface area contributed by atoms with Crippen molar-refractivity contribution in [1.29, 1.82) is 0 Å². The third-order valence-corrected chi connectivity index (χ3v) is 9.08. The first kappa shape index (κ1) is 41.9. The van der Waals surface area contributed by atoms with Crippen molar-refractivity contribution in [3.8, 4) is 0 Å². The molecule has 1 N–H and O–H groups in total.